The summed E-state index contributed by atoms with van der Waals surface area (Å²) in [6.45, 7) is 5.11. The standard InChI is InChI=1S/C10H20N2/c1-11-6-3-4-10(8-11)5-7-12(2)9-10/h11-12H,1-9H2. The Hall–Kier alpha value is -0.0800. The second-order valence-electron chi connectivity index (χ2n) is 4.71. The van der Waals surface area contributed by atoms with Gasteiger partial charge in [-0.1, -0.05) is 0 Å². The van der Waals surface area contributed by atoms with Crippen LogP contribution in [0.2, 0.25) is 0 Å². The van der Waals surface area contributed by atoms with Crippen LogP contribution in [-0.4, -0.2) is 26.2 Å². The molecule has 0 radical (unpaired) electrons. The van der Waals surface area contributed by atoms with Gasteiger partial charge in [-0.05, 0) is 12.8 Å². The van der Waals surface area contributed by atoms with Crippen LogP contribution in [0, 0.1) is 19.5 Å². The molecule has 0 aromatic carbocycles. The van der Waals surface area contributed by atoms with Gasteiger partial charge in [-0.3, -0.25) is 0 Å². The molecule has 12 heavy (non-hydrogen) atoms. The molecule has 2 saturated heterocycles. The summed E-state index contributed by atoms with van der Waals surface area (Å²) in [5.41, 5.74) is 0.617. The van der Waals surface area contributed by atoms with Crippen molar-refractivity contribution in [3.8, 4) is 0 Å². The van der Waals surface area contributed by atoms with Crippen LogP contribution in [0.25, 0.3) is 0 Å². The maximum Gasteiger partial charge on any atom is 0.0694 e. The summed E-state index contributed by atoms with van der Waals surface area (Å²) in [6, 6.07) is 0. The van der Waals surface area contributed by atoms with Crippen molar-refractivity contribution >= 4 is 0 Å². The molecule has 2 nitrogen and oxygen atoms in total. The van der Waals surface area contributed by atoms with E-state index in [1.54, 1.807) is 0 Å². The van der Waals surface area contributed by atoms with Gasteiger partial charge in [-0.15, -0.1) is 0 Å². The molecule has 2 heterocycles. The number of likely N-dealkylation sites (tertiary alicyclic amines) is 2. The lowest BCUT2D eigenvalue weighted by Gasteiger charge is -2.38. The fraction of sp³-hybridized carbons (Fsp3) is 0.800. The first-order valence-electron chi connectivity index (χ1n) is 5.04. The molecule has 2 rings (SSSR count). The summed E-state index contributed by atoms with van der Waals surface area (Å²) in [6.07, 6.45) is 4.17. The first kappa shape index (κ1) is 8.52. The lowest BCUT2D eigenvalue weighted by molar-refractivity contribution is -0.879. The van der Waals surface area contributed by atoms with Crippen LogP contribution >= 0.6 is 0 Å². The molecule has 2 aliphatic heterocycles. The second-order valence-corrected chi connectivity index (χ2v) is 4.71. The van der Waals surface area contributed by atoms with E-state index in [-0.39, 0.29) is 0 Å². The summed E-state index contributed by atoms with van der Waals surface area (Å²) in [4.78, 5) is 2.96. The van der Waals surface area contributed by atoms with E-state index in [0.29, 0.717) is 5.41 Å². The predicted molar refractivity (Wildman–Crippen MR) is 48.4 cm³/mol. The normalized spacial score (nSPS) is 48.5. The highest BCUT2D eigenvalue weighted by Crippen LogP contribution is 2.28. The third-order valence-electron chi connectivity index (χ3n) is 3.50. The Morgan fingerprint density at radius 3 is 2.08 bits per heavy atom. The van der Waals surface area contributed by atoms with Crippen molar-refractivity contribution in [2.45, 2.75) is 19.3 Å². The molecule has 2 N–H and O–H groups in total. The molecule has 0 bridgehead atoms. The van der Waals surface area contributed by atoms with Crippen molar-refractivity contribution in [3.05, 3.63) is 14.1 Å². The second kappa shape index (κ2) is 3.00. The van der Waals surface area contributed by atoms with Crippen LogP contribution in [0.3, 0.4) is 0 Å². The van der Waals surface area contributed by atoms with Crippen molar-refractivity contribution in [2.75, 3.05) is 26.2 Å². The van der Waals surface area contributed by atoms with Gasteiger partial charge in [-0.2, -0.15) is 14.1 Å². The molecule has 0 aromatic heterocycles. The van der Waals surface area contributed by atoms with Gasteiger partial charge in [0.25, 0.3) is 0 Å². The average Bonchev–Trinajstić information content (AvgIpc) is 2.32. The molecule has 1 spiro atoms. The molecule has 3 unspecified atom stereocenters. The number of hydrogen-bond donors (Lipinski definition) is 2. The number of hydrogen-bond acceptors (Lipinski definition) is 0. The molecule has 3 atom stereocenters. The number of rotatable bonds is 0. The Kier molecular flexibility index (Phi) is 2.13. The lowest BCUT2D eigenvalue weighted by atomic mass is 9.79. The smallest absolute Gasteiger partial charge is 0.0694 e. The highest BCUT2D eigenvalue weighted by atomic mass is 15.2. The quantitative estimate of drug-likeness (QED) is 0.408. The van der Waals surface area contributed by atoms with Crippen molar-refractivity contribution in [2.24, 2.45) is 5.41 Å². The predicted octanol–water partition coefficient (Wildman–Crippen LogP) is -1.48. The number of quaternary nitrogens is 2. The third kappa shape index (κ3) is 1.50. The van der Waals surface area contributed by atoms with E-state index in [9.17, 15) is 0 Å². The third-order valence-corrected chi connectivity index (χ3v) is 3.50. The van der Waals surface area contributed by atoms with Crippen molar-refractivity contribution in [1.29, 1.82) is 0 Å². The lowest BCUT2D eigenvalue weighted by Crippen LogP contribution is -3.11. The van der Waals surface area contributed by atoms with Gasteiger partial charge in [0.15, 0.2) is 0 Å². The van der Waals surface area contributed by atoms with E-state index in [2.05, 4.69) is 14.1 Å². The Balaban J connectivity index is 2.00. The van der Waals surface area contributed by atoms with Crippen molar-refractivity contribution < 1.29 is 9.80 Å². The molecule has 0 aromatic rings. The summed E-state index contributed by atoms with van der Waals surface area (Å²) >= 11 is 0. The highest BCUT2D eigenvalue weighted by Gasteiger charge is 2.41. The van der Waals surface area contributed by atoms with Crippen LogP contribution in [0.4, 0.5) is 0 Å². The minimum Gasteiger partial charge on any atom is -0.467 e. The van der Waals surface area contributed by atoms with Crippen LogP contribution in [0.5, 0.6) is 0 Å². The van der Waals surface area contributed by atoms with Gasteiger partial charge in [0, 0.05) is 6.42 Å². The molecular weight excluding hydrogens is 148 g/mol. The average molecular weight is 168 g/mol. The van der Waals surface area contributed by atoms with E-state index in [4.69, 9.17) is 0 Å². The summed E-state index contributed by atoms with van der Waals surface area (Å²) in [5.74, 6) is 0. The fourth-order valence-electron chi connectivity index (χ4n) is 2.93. The Morgan fingerprint density at radius 2 is 1.58 bits per heavy atom. The zero-order valence-electron chi connectivity index (χ0n) is 7.86. The molecule has 2 heteroatoms. The van der Waals surface area contributed by atoms with E-state index in [1.807, 2.05) is 0 Å². The Bertz CT molecular complexity index is 165. The number of nitrogens with one attached hydrogen (secondary N) is 2. The topological polar surface area (TPSA) is 8.88 Å². The first-order chi connectivity index (χ1) is 5.70. The molecule has 2 aliphatic rings. The Labute approximate surface area is 75.5 Å². The van der Waals surface area contributed by atoms with Crippen molar-refractivity contribution in [3.63, 3.8) is 0 Å². The molecule has 2 fully saturated rings. The van der Waals surface area contributed by atoms with E-state index in [0.717, 1.165) is 0 Å². The highest BCUT2D eigenvalue weighted by molar-refractivity contribution is 4.83. The van der Waals surface area contributed by atoms with Crippen LogP contribution in [-0.2, 0) is 0 Å². The molecular formula is C10H20N2. The van der Waals surface area contributed by atoms with Gasteiger partial charge in [0.2, 0.25) is 0 Å². The fourth-order valence-corrected chi connectivity index (χ4v) is 2.93. The van der Waals surface area contributed by atoms with E-state index in [1.165, 1.54) is 55.2 Å². The van der Waals surface area contributed by atoms with Gasteiger partial charge >= 0.3 is 0 Å². The summed E-state index contributed by atoms with van der Waals surface area (Å²) in [5, 5.41) is 0. The largest absolute Gasteiger partial charge is 0.467 e. The molecule has 70 valence electrons. The minimum absolute atomic E-state index is 0.617. The van der Waals surface area contributed by atoms with Crippen LogP contribution in [0.15, 0.2) is 0 Å². The molecule has 0 amide bonds. The van der Waals surface area contributed by atoms with Gasteiger partial charge in [0.05, 0.1) is 31.6 Å². The maximum atomic E-state index is 4.13. The molecule has 0 aliphatic carbocycles. The Morgan fingerprint density at radius 1 is 0.917 bits per heavy atom. The van der Waals surface area contributed by atoms with Crippen LogP contribution in [0.1, 0.15) is 19.3 Å². The van der Waals surface area contributed by atoms with Crippen LogP contribution < -0.4 is 9.80 Å². The van der Waals surface area contributed by atoms with E-state index >= 15 is 0 Å². The van der Waals surface area contributed by atoms with Gasteiger partial charge in [-0.25, -0.2) is 0 Å². The zero-order chi connectivity index (χ0) is 8.60. The zero-order valence-corrected chi connectivity index (χ0v) is 7.86. The van der Waals surface area contributed by atoms with Gasteiger partial charge < -0.3 is 9.80 Å². The first-order valence-corrected chi connectivity index (χ1v) is 5.04. The monoisotopic (exact) mass is 168 g/mol. The summed E-state index contributed by atoms with van der Waals surface area (Å²) < 4.78 is 0. The molecule has 0 saturated carbocycles. The number of piperidine rings is 1. The maximum absolute atomic E-state index is 4.13. The van der Waals surface area contributed by atoms with Gasteiger partial charge in [0.1, 0.15) is 0 Å². The van der Waals surface area contributed by atoms with E-state index < -0.39 is 0 Å². The van der Waals surface area contributed by atoms with Crippen molar-refractivity contribution in [1.82, 2.24) is 0 Å². The minimum atomic E-state index is 0.617. The SMILES string of the molecule is [CH2-][NH+]1CCCC2(CC[NH+]([CH2-])C2)C1. The summed E-state index contributed by atoms with van der Waals surface area (Å²) in [7, 11) is 8.23.